The number of nitrogens with zero attached hydrogens (tertiary/aromatic N) is 1. The average molecular weight is 445 g/mol. The van der Waals surface area contributed by atoms with Crippen LogP contribution in [0.3, 0.4) is 0 Å². The van der Waals surface area contributed by atoms with Crippen LogP contribution in [0.25, 0.3) is 0 Å². The third kappa shape index (κ3) is 5.22. The van der Waals surface area contributed by atoms with E-state index in [0.717, 1.165) is 41.5 Å². The molecular weight excluding hydrogens is 414 g/mol. The molecule has 6 heteroatoms. The number of rotatable bonds is 7. The molecule has 0 saturated heterocycles. The summed E-state index contributed by atoms with van der Waals surface area (Å²) in [5.41, 5.74) is 2.79. The van der Waals surface area contributed by atoms with Crippen LogP contribution in [-0.4, -0.2) is 23.1 Å². The molecule has 1 aromatic heterocycles. The fourth-order valence-corrected chi connectivity index (χ4v) is 4.67. The fraction of sp³-hybridized carbons (Fsp3) is 0.296. The lowest BCUT2D eigenvalue weighted by Gasteiger charge is -2.30. The molecular formula is C27H30N3O3+. The number of nitrogens with one attached hydrogen (secondary N) is 2. The van der Waals surface area contributed by atoms with Crippen molar-refractivity contribution >= 4 is 17.5 Å². The van der Waals surface area contributed by atoms with Crippen LogP contribution in [0.5, 0.6) is 0 Å². The molecule has 0 radical (unpaired) electrons. The van der Waals surface area contributed by atoms with Crippen LogP contribution in [0.2, 0.25) is 0 Å². The van der Waals surface area contributed by atoms with Crippen LogP contribution in [0.4, 0.5) is 5.69 Å². The SMILES string of the molecule is CC(Cc1ccc(NC(=O)c2ccc[n+](O)c2)cc1)NC(=O)C1(c2ccccc2)CCCC1. The van der Waals surface area contributed by atoms with Gasteiger partial charge in [-0.05, 0) is 55.5 Å². The van der Waals surface area contributed by atoms with Gasteiger partial charge in [-0.1, -0.05) is 55.3 Å². The molecule has 1 fully saturated rings. The second kappa shape index (κ2) is 9.86. The molecule has 2 aromatic carbocycles. The van der Waals surface area contributed by atoms with Gasteiger partial charge in [0.15, 0.2) is 0 Å². The average Bonchev–Trinajstić information content (AvgIpc) is 3.32. The van der Waals surface area contributed by atoms with Gasteiger partial charge in [0.05, 0.1) is 5.41 Å². The lowest BCUT2D eigenvalue weighted by Crippen LogP contribution is -2.46. The summed E-state index contributed by atoms with van der Waals surface area (Å²) in [4.78, 5) is 25.7. The minimum Gasteiger partial charge on any atom is -0.353 e. The molecule has 0 spiro atoms. The first-order chi connectivity index (χ1) is 16.0. The van der Waals surface area contributed by atoms with E-state index < -0.39 is 5.41 Å². The molecule has 1 heterocycles. The zero-order valence-electron chi connectivity index (χ0n) is 18.8. The minimum absolute atomic E-state index is 0.0107. The van der Waals surface area contributed by atoms with Crippen LogP contribution in [0, 0.1) is 0 Å². The molecule has 2 amide bonds. The van der Waals surface area contributed by atoms with E-state index in [1.807, 2.05) is 49.4 Å². The van der Waals surface area contributed by atoms with Gasteiger partial charge in [-0.25, -0.2) is 0 Å². The Morgan fingerprint density at radius 1 is 1.00 bits per heavy atom. The van der Waals surface area contributed by atoms with E-state index in [4.69, 9.17) is 0 Å². The fourth-order valence-electron chi connectivity index (χ4n) is 4.67. The third-order valence-corrected chi connectivity index (χ3v) is 6.40. The first kappa shape index (κ1) is 22.5. The highest BCUT2D eigenvalue weighted by molar-refractivity contribution is 6.03. The van der Waals surface area contributed by atoms with Crippen LogP contribution < -0.4 is 15.4 Å². The summed E-state index contributed by atoms with van der Waals surface area (Å²) < 4.78 is 0.848. The van der Waals surface area contributed by atoms with Crippen molar-refractivity contribution in [1.29, 1.82) is 0 Å². The molecule has 6 nitrogen and oxygen atoms in total. The largest absolute Gasteiger partial charge is 0.353 e. The molecule has 0 bridgehead atoms. The van der Waals surface area contributed by atoms with E-state index >= 15 is 0 Å². The predicted molar refractivity (Wildman–Crippen MR) is 126 cm³/mol. The Balaban J connectivity index is 1.36. The third-order valence-electron chi connectivity index (χ3n) is 6.40. The number of aromatic nitrogens is 1. The van der Waals surface area contributed by atoms with Crippen LogP contribution in [0.1, 0.15) is 54.1 Å². The number of hydrogen-bond acceptors (Lipinski definition) is 3. The van der Waals surface area contributed by atoms with Gasteiger partial charge < -0.3 is 10.6 Å². The quantitative estimate of drug-likeness (QED) is 0.380. The number of carbonyl (C=O) groups is 2. The molecule has 3 N–H and O–H groups in total. The molecule has 4 rings (SSSR count). The number of pyridine rings is 1. The van der Waals surface area contributed by atoms with Crippen molar-refractivity contribution in [2.24, 2.45) is 0 Å². The van der Waals surface area contributed by atoms with Gasteiger partial charge >= 0.3 is 0 Å². The van der Waals surface area contributed by atoms with E-state index in [0.29, 0.717) is 17.7 Å². The number of carbonyl (C=O) groups excluding carboxylic acids is 2. The van der Waals surface area contributed by atoms with Crippen molar-refractivity contribution in [3.63, 3.8) is 0 Å². The predicted octanol–water partition coefficient (Wildman–Crippen LogP) is 4.02. The number of benzene rings is 2. The monoisotopic (exact) mass is 444 g/mol. The topological polar surface area (TPSA) is 82.3 Å². The van der Waals surface area contributed by atoms with Gasteiger partial charge in [-0.15, -0.1) is 0 Å². The van der Waals surface area contributed by atoms with E-state index in [1.165, 1.54) is 12.4 Å². The number of hydrogen-bond donors (Lipinski definition) is 3. The number of amides is 2. The van der Waals surface area contributed by atoms with Crippen LogP contribution in [0.15, 0.2) is 79.1 Å². The Labute approximate surface area is 194 Å². The van der Waals surface area contributed by atoms with Gasteiger partial charge in [0.25, 0.3) is 5.91 Å². The number of anilines is 1. The van der Waals surface area contributed by atoms with Gasteiger partial charge in [0.1, 0.15) is 5.56 Å². The van der Waals surface area contributed by atoms with Crippen LogP contribution in [-0.2, 0) is 16.6 Å². The lowest BCUT2D eigenvalue weighted by molar-refractivity contribution is -0.904. The lowest BCUT2D eigenvalue weighted by atomic mass is 9.78. The minimum atomic E-state index is -0.423. The summed E-state index contributed by atoms with van der Waals surface area (Å²) in [6.07, 6.45) is 7.42. The molecule has 1 aliphatic carbocycles. The zero-order chi connectivity index (χ0) is 23.3. The molecule has 1 aliphatic rings. The first-order valence-corrected chi connectivity index (χ1v) is 11.4. The zero-order valence-corrected chi connectivity index (χ0v) is 18.8. The van der Waals surface area contributed by atoms with Crippen molar-refractivity contribution in [3.8, 4) is 0 Å². The standard InChI is InChI=1S/C27H29N3O3/c1-20(28-26(32)27(15-5-6-16-27)23-9-3-2-4-10-23)18-21-11-13-24(14-12-21)29-25(31)22-8-7-17-30(33)19-22/h2-4,7-14,17,19-20H,5-6,15-16,18H2,1H3,(H2-,28,29,31,32,33)/p+1. The molecule has 1 atom stereocenters. The van der Waals surface area contributed by atoms with Gasteiger partial charge in [-0.2, -0.15) is 0 Å². The Morgan fingerprint density at radius 2 is 1.70 bits per heavy atom. The van der Waals surface area contributed by atoms with Gasteiger partial charge in [0.2, 0.25) is 18.3 Å². The Bertz CT molecular complexity index is 1110. The molecule has 1 unspecified atom stereocenters. The first-order valence-electron chi connectivity index (χ1n) is 11.4. The van der Waals surface area contributed by atoms with E-state index in [2.05, 4.69) is 22.8 Å². The molecule has 33 heavy (non-hydrogen) atoms. The maximum absolute atomic E-state index is 13.3. The maximum atomic E-state index is 13.3. The normalized spacial score (nSPS) is 15.5. The van der Waals surface area contributed by atoms with E-state index in [-0.39, 0.29) is 17.9 Å². The smallest absolute Gasteiger partial charge is 0.261 e. The highest BCUT2D eigenvalue weighted by atomic mass is 16.5. The molecule has 1 saturated carbocycles. The highest BCUT2D eigenvalue weighted by Crippen LogP contribution is 2.41. The summed E-state index contributed by atoms with van der Waals surface area (Å²) in [5.74, 6) is -0.180. The highest BCUT2D eigenvalue weighted by Gasteiger charge is 2.42. The summed E-state index contributed by atoms with van der Waals surface area (Å²) >= 11 is 0. The Hall–Kier alpha value is -3.67. The Morgan fingerprint density at radius 3 is 2.36 bits per heavy atom. The van der Waals surface area contributed by atoms with E-state index in [9.17, 15) is 14.8 Å². The molecule has 0 aliphatic heterocycles. The summed E-state index contributed by atoms with van der Waals surface area (Å²) in [6, 6.07) is 21.0. The van der Waals surface area contributed by atoms with E-state index in [1.54, 1.807) is 12.1 Å². The molecule has 170 valence electrons. The van der Waals surface area contributed by atoms with Crippen molar-refractivity contribution < 1.29 is 19.5 Å². The second-order valence-corrected chi connectivity index (χ2v) is 8.86. The molecule has 3 aromatic rings. The Kier molecular flexibility index (Phi) is 6.73. The van der Waals surface area contributed by atoms with Gasteiger partial charge in [-0.3, -0.25) is 14.8 Å². The van der Waals surface area contributed by atoms with Gasteiger partial charge in [0, 0.05) is 22.5 Å². The van der Waals surface area contributed by atoms with Crippen molar-refractivity contribution in [1.82, 2.24) is 5.32 Å². The van der Waals surface area contributed by atoms with Crippen LogP contribution >= 0.6 is 0 Å². The van der Waals surface area contributed by atoms with Crippen molar-refractivity contribution in [2.75, 3.05) is 5.32 Å². The summed E-state index contributed by atoms with van der Waals surface area (Å²) in [5, 5.41) is 15.5. The maximum Gasteiger partial charge on any atom is 0.261 e. The van der Waals surface area contributed by atoms with Crippen molar-refractivity contribution in [2.45, 2.75) is 50.5 Å². The summed E-state index contributed by atoms with van der Waals surface area (Å²) in [7, 11) is 0. The second-order valence-electron chi connectivity index (χ2n) is 8.86. The van der Waals surface area contributed by atoms with Crippen molar-refractivity contribution in [3.05, 3.63) is 95.8 Å². The summed E-state index contributed by atoms with van der Waals surface area (Å²) in [6.45, 7) is 2.03.